The summed E-state index contributed by atoms with van der Waals surface area (Å²) >= 11 is 1.73. The molecule has 6 rings (SSSR count). The lowest BCUT2D eigenvalue weighted by Crippen LogP contribution is -2.69. The molecule has 1 saturated carbocycles. The van der Waals surface area contributed by atoms with Crippen molar-refractivity contribution in [2.24, 2.45) is 22.9 Å². The minimum atomic E-state index is -1.45. The number of thioether (sulfide) groups is 1. The van der Waals surface area contributed by atoms with Crippen LogP contribution in [-0.4, -0.2) is 89.5 Å². The number of benzene rings is 3. The molecule has 0 spiro atoms. The first-order valence-electron chi connectivity index (χ1n) is 20.4. The number of allylic oxidation sites excluding steroid dienone is 1. The number of nitrogens with zero attached hydrogens (tertiary/aromatic N) is 3. The van der Waals surface area contributed by atoms with Crippen LogP contribution >= 0.6 is 11.8 Å². The second kappa shape index (κ2) is 20.9. The van der Waals surface area contributed by atoms with E-state index in [2.05, 4.69) is 36.0 Å². The second-order valence-corrected chi connectivity index (χ2v) is 16.1. The fourth-order valence-corrected chi connectivity index (χ4v) is 9.48. The van der Waals surface area contributed by atoms with Crippen LogP contribution in [0.1, 0.15) is 63.4 Å². The maximum Gasteiger partial charge on any atom is 0.415 e. The molecule has 2 aliphatic carbocycles. The van der Waals surface area contributed by atoms with Crippen molar-refractivity contribution in [1.29, 1.82) is 0 Å². The summed E-state index contributed by atoms with van der Waals surface area (Å²) in [5, 5.41) is 35.7. The lowest BCUT2D eigenvalue weighted by Gasteiger charge is -2.59. The van der Waals surface area contributed by atoms with Gasteiger partial charge < -0.3 is 38.9 Å². The number of oxime groups is 1. The molecule has 3 aliphatic rings. The van der Waals surface area contributed by atoms with Crippen molar-refractivity contribution < 1.29 is 43.7 Å². The van der Waals surface area contributed by atoms with E-state index in [1.54, 1.807) is 24.9 Å². The summed E-state index contributed by atoms with van der Waals surface area (Å²) in [6, 6.07) is 20.6. The Morgan fingerprint density at radius 3 is 2.47 bits per heavy atom. The van der Waals surface area contributed by atoms with E-state index in [4.69, 9.17) is 23.8 Å². The van der Waals surface area contributed by atoms with Gasteiger partial charge in [-0.1, -0.05) is 48.3 Å². The SMILES string of the molecule is C=CCOC12Oc3ccc(OCCSc4ccccc4)cc3C3C(CCCCO)C(CCCCO)C=C(C(=NOCC)CC1N(C)C(=O)Oc1ccc([N+](=O)[O-])cc1)C32. The number of likely N-dealkylation sites (N-methyl/N-ethyl adjacent to an activating group) is 1. The first kappa shape index (κ1) is 43.7. The maximum atomic E-state index is 14.1. The second-order valence-electron chi connectivity index (χ2n) is 14.9. The van der Waals surface area contributed by atoms with Gasteiger partial charge in [0.25, 0.3) is 5.69 Å². The molecular weight excluding hydrogens is 775 g/mol. The smallest absolute Gasteiger partial charge is 0.415 e. The van der Waals surface area contributed by atoms with Crippen molar-refractivity contribution in [3.8, 4) is 17.2 Å². The number of amides is 1. The van der Waals surface area contributed by atoms with E-state index in [0.29, 0.717) is 43.3 Å². The summed E-state index contributed by atoms with van der Waals surface area (Å²) in [6.45, 7) is 6.94. The van der Waals surface area contributed by atoms with Crippen molar-refractivity contribution in [3.05, 3.63) is 113 Å². The van der Waals surface area contributed by atoms with Crippen molar-refractivity contribution in [2.45, 2.75) is 74.5 Å². The molecular formula is C45H55N3O10S. The van der Waals surface area contributed by atoms with Crippen molar-refractivity contribution in [2.75, 3.05) is 45.8 Å². The maximum absolute atomic E-state index is 14.1. The number of ether oxygens (including phenoxy) is 4. The van der Waals surface area contributed by atoms with Crippen LogP contribution in [0.5, 0.6) is 17.2 Å². The molecule has 3 aromatic rings. The van der Waals surface area contributed by atoms with Crippen LogP contribution in [0, 0.1) is 27.9 Å². The Hall–Kier alpha value is -4.89. The molecule has 0 saturated heterocycles. The van der Waals surface area contributed by atoms with E-state index in [9.17, 15) is 25.1 Å². The number of fused-ring (bicyclic) bond motifs is 2. The van der Waals surface area contributed by atoms with E-state index in [0.717, 1.165) is 42.6 Å². The first-order valence-corrected chi connectivity index (χ1v) is 21.4. The summed E-state index contributed by atoms with van der Waals surface area (Å²) in [4.78, 5) is 33.3. The number of non-ortho nitro benzene ring substituents is 1. The zero-order valence-corrected chi connectivity index (χ0v) is 34.6. The molecule has 1 aliphatic heterocycles. The van der Waals surface area contributed by atoms with Gasteiger partial charge >= 0.3 is 6.09 Å². The average Bonchev–Trinajstić information content (AvgIpc) is 3.25. The number of rotatable bonds is 21. The monoisotopic (exact) mass is 829 g/mol. The summed E-state index contributed by atoms with van der Waals surface area (Å²) < 4.78 is 26.3. The minimum absolute atomic E-state index is 0.0525. The molecule has 1 heterocycles. The van der Waals surface area contributed by atoms with Gasteiger partial charge in [-0.25, -0.2) is 4.79 Å². The number of unbranched alkanes of at least 4 members (excludes halogenated alkanes) is 2. The Kier molecular flexibility index (Phi) is 15.5. The topological polar surface area (TPSA) is 162 Å². The van der Waals surface area contributed by atoms with Gasteiger partial charge in [-0.05, 0) is 92.5 Å². The van der Waals surface area contributed by atoms with Crippen LogP contribution in [0.4, 0.5) is 10.5 Å². The zero-order valence-electron chi connectivity index (χ0n) is 33.8. The van der Waals surface area contributed by atoms with E-state index in [-0.39, 0.29) is 55.4 Å². The Morgan fingerprint density at radius 2 is 1.78 bits per heavy atom. The molecule has 0 bridgehead atoms. The van der Waals surface area contributed by atoms with Crippen molar-refractivity contribution >= 4 is 29.3 Å². The number of aliphatic hydroxyl groups excluding tert-OH is 2. The molecule has 316 valence electrons. The Labute approximate surface area is 350 Å². The predicted molar refractivity (Wildman–Crippen MR) is 226 cm³/mol. The van der Waals surface area contributed by atoms with Crippen LogP contribution in [-0.2, 0) is 9.57 Å². The Balaban J connectivity index is 1.45. The first-order chi connectivity index (χ1) is 28.7. The molecule has 1 fully saturated rings. The molecule has 0 radical (unpaired) electrons. The molecule has 6 unspecified atom stereocenters. The average molecular weight is 830 g/mol. The summed E-state index contributed by atoms with van der Waals surface area (Å²) in [7, 11) is 1.63. The fourth-order valence-electron chi connectivity index (χ4n) is 8.73. The van der Waals surface area contributed by atoms with E-state index < -0.39 is 28.8 Å². The highest BCUT2D eigenvalue weighted by atomic mass is 32.2. The Bertz CT molecular complexity index is 1940. The number of nitro benzene ring substituents is 1. The molecule has 13 nitrogen and oxygen atoms in total. The van der Waals surface area contributed by atoms with E-state index in [1.807, 2.05) is 37.3 Å². The third-order valence-electron chi connectivity index (χ3n) is 11.3. The van der Waals surface area contributed by atoms with Crippen LogP contribution in [0.3, 0.4) is 0 Å². The molecule has 6 atom stereocenters. The van der Waals surface area contributed by atoms with Gasteiger partial charge in [-0.15, -0.1) is 18.3 Å². The van der Waals surface area contributed by atoms with Crippen LogP contribution in [0.25, 0.3) is 0 Å². The van der Waals surface area contributed by atoms with Gasteiger partial charge in [-0.2, -0.15) is 0 Å². The normalized spacial score (nSPS) is 23.6. The zero-order chi connectivity index (χ0) is 41.8. The van der Waals surface area contributed by atoms with Crippen LogP contribution in [0.15, 0.2) is 107 Å². The number of nitro groups is 1. The molecule has 1 amide bonds. The lowest BCUT2D eigenvalue weighted by atomic mass is 9.55. The van der Waals surface area contributed by atoms with Gasteiger partial charge in [0.2, 0.25) is 5.79 Å². The number of hydrogen-bond donors (Lipinski definition) is 2. The molecule has 14 heteroatoms. The van der Waals surface area contributed by atoms with Crippen LogP contribution < -0.4 is 14.2 Å². The molecule has 59 heavy (non-hydrogen) atoms. The summed E-state index contributed by atoms with van der Waals surface area (Å²) in [5.74, 6) is 0.202. The highest BCUT2D eigenvalue weighted by Crippen LogP contribution is 2.61. The molecule has 0 aromatic heterocycles. The number of aliphatic hydroxyl groups is 2. The standard InChI is InChI=1S/C45H55N3O10S/c1-4-25-55-45-41(47(3)44(51)57-33-19-17-32(18-20-33)48(52)53)30-39(46-56-5-2)37-28-31(13-9-11-23-49)36(16-10-12-24-50)42(43(37)45)38-29-34(21-22-40(38)58-45)54-26-27-59-35-14-7-6-8-15-35/h4,6-8,14-15,17-22,28-29,31,36,41-43,49-50H,1,5,9-13,16,23-27,30H2,2-3H3. The van der Waals surface area contributed by atoms with Crippen molar-refractivity contribution in [1.82, 2.24) is 4.90 Å². The van der Waals surface area contributed by atoms with Gasteiger partial charge in [-0.3, -0.25) is 10.1 Å². The number of hydrogen-bond acceptors (Lipinski definition) is 12. The Morgan fingerprint density at radius 1 is 1.05 bits per heavy atom. The quantitative estimate of drug-likeness (QED) is 0.0348. The van der Waals surface area contributed by atoms with Crippen LogP contribution in [0.2, 0.25) is 0 Å². The van der Waals surface area contributed by atoms with Gasteiger partial charge in [0.15, 0.2) is 0 Å². The summed E-state index contributed by atoms with van der Waals surface area (Å²) in [5.41, 5.74) is 2.42. The summed E-state index contributed by atoms with van der Waals surface area (Å²) in [6.07, 6.45) is 7.98. The molecule has 3 aromatic carbocycles. The third-order valence-corrected chi connectivity index (χ3v) is 12.3. The third kappa shape index (κ3) is 10.1. The van der Waals surface area contributed by atoms with Crippen molar-refractivity contribution in [3.63, 3.8) is 0 Å². The highest BCUT2D eigenvalue weighted by Gasteiger charge is 2.65. The predicted octanol–water partition coefficient (Wildman–Crippen LogP) is 8.55. The minimum Gasteiger partial charge on any atom is -0.493 e. The van der Waals surface area contributed by atoms with Gasteiger partial charge in [0.05, 0.1) is 29.8 Å². The van der Waals surface area contributed by atoms with E-state index in [1.165, 1.54) is 34.1 Å². The molecule has 2 N–H and O–H groups in total. The largest absolute Gasteiger partial charge is 0.493 e. The fraction of sp³-hybridized carbons (Fsp3) is 0.467. The number of carbonyl (C=O) groups excluding carboxylic acids is 1. The van der Waals surface area contributed by atoms with Gasteiger partial charge in [0, 0.05) is 60.9 Å². The van der Waals surface area contributed by atoms with Gasteiger partial charge in [0.1, 0.15) is 29.9 Å². The van der Waals surface area contributed by atoms with E-state index >= 15 is 0 Å². The highest BCUT2D eigenvalue weighted by molar-refractivity contribution is 7.99. The lowest BCUT2D eigenvalue weighted by molar-refractivity contribution is -0.384. The number of carbonyl (C=O) groups is 1.